The van der Waals surface area contributed by atoms with E-state index >= 15 is 0 Å². The highest BCUT2D eigenvalue weighted by Crippen LogP contribution is 2.27. The second kappa shape index (κ2) is 8.55. The van der Waals surface area contributed by atoms with Crippen molar-refractivity contribution in [1.29, 1.82) is 0 Å². The van der Waals surface area contributed by atoms with Gasteiger partial charge in [0.2, 0.25) is 0 Å². The summed E-state index contributed by atoms with van der Waals surface area (Å²) < 4.78 is 0. The Hall–Kier alpha value is -2.37. The van der Waals surface area contributed by atoms with Gasteiger partial charge in [-0.15, -0.1) is 11.3 Å². The van der Waals surface area contributed by atoms with Gasteiger partial charge in [-0.2, -0.15) is 0 Å². The molecule has 0 saturated heterocycles. The van der Waals surface area contributed by atoms with Crippen molar-refractivity contribution in [3.63, 3.8) is 0 Å². The van der Waals surface area contributed by atoms with Crippen LogP contribution in [0.3, 0.4) is 0 Å². The zero-order valence-electron chi connectivity index (χ0n) is 15.6. The van der Waals surface area contributed by atoms with Crippen LogP contribution in [0.15, 0.2) is 54.0 Å². The maximum atomic E-state index is 12.8. The highest BCUT2D eigenvalue weighted by molar-refractivity contribution is 7.13. The third-order valence-corrected chi connectivity index (χ3v) is 5.30. The molecule has 0 saturated carbocycles. The lowest BCUT2D eigenvalue weighted by atomic mass is 10.1. The van der Waals surface area contributed by atoms with E-state index in [1.807, 2.05) is 62.5 Å². The zero-order valence-corrected chi connectivity index (χ0v) is 17.1. The molecule has 0 spiro atoms. The van der Waals surface area contributed by atoms with Gasteiger partial charge in [-0.05, 0) is 50.1 Å². The first-order valence-electron chi connectivity index (χ1n) is 8.77. The van der Waals surface area contributed by atoms with Crippen LogP contribution in [0.1, 0.15) is 25.0 Å². The maximum absolute atomic E-state index is 12.8. The molecule has 3 rings (SSSR count). The number of amides is 2. The molecule has 3 aromatic rings. The Morgan fingerprint density at radius 2 is 2.07 bits per heavy atom. The van der Waals surface area contributed by atoms with Gasteiger partial charge in [-0.3, -0.25) is 4.90 Å². The maximum Gasteiger partial charge on any atom is 0.322 e. The van der Waals surface area contributed by atoms with Gasteiger partial charge >= 0.3 is 6.03 Å². The molecule has 0 fully saturated rings. The number of rotatable bonds is 5. The van der Waals surface area contributed by atoms with E-state index in [2.05, 4.69) is 16.4 Å². The number of halogens is 1. The predicted molar refractivity (Wildman–Crippen MR) is 114 cm³/mol. The molecule has 1 aromatic heterocycles. The average molecular weight is 400 g/mol. The van der Waals surface area contributed by atoms with Crippen molar-refractivity contribution in [2.24, 2.45) is 0 Å². The lowest BCUT2D eigenvalue weighted by Crippen LogP contribution is -2.42. The standard InChI is InChI=1S/C21H22ClN3OS/c1-14(2)24-21(26)25(18-8-7-15(3)19(22)12-18)13-16-5-4-6-17(11-16)20-23-9-10-27-20/h4-12,14H,13H2,1-3H3,(H,24,26). The van der Waals surface area contributed by atoms with Crippen molar-refractivity contribution < 1.29 is 4.79 Å². The number of hydrogen-bond donors (Lipinski definition) is 1. The van der Waals surface area contributed by atoms with Gasteiger partial charge in [0, 0.05) is 33.9 Å². The quantitative estimate of drug-likeness (QED) is 0.580. The van der Waals surface area contributed by atoms with Crippen LogP contribution in [0.4, 0.5) is 10.5 Å². The molecule has 0 aliphatic rings. The van der Waals surface area contributed by atoms with Crippen molar-refractivity contribution in [1.82, 2.24) is 10.3 Å². The topological polar surface area (TPSA) is 45.2 Å². The summed E-state index contributed by atoms with van der Waals surface area (Å²) in [7, 11) is 0. The number of hydrogen-bond acceptors (Lipinski definition) is 3. The minimum Gasteiger partial charge on any atom is -0.336 e. The number of aromatic nitrogens is 1. The Morgan fingerprint density at radius 1 is 1.26 bits per heavy atom. The van der Waals surface area contributed by atoms with Gasteiger partial charge < -0.3 is 5.32 Å². The molecule has 0 atom stereocenters. The number of anilines is 1. The van der Waals surface area contributed by atoms with Crippen LogP contribution in [0.2, 0.25) is 5.02 Å². The van der Waals surface area contributed by atoms with Crippen molar-refractivity contribution in [3.05, 3.63) is 70.2 Å². The Labute approximate surface area is 168 Å². The Bertz CT molecular complexity index is 925. The molecule has 2 amide bonds. The number of thiazole rings is 1. The fourth-order valence-corrected chi connectivity index (χ4v) is 3.52. The Morgan fingerprint density at radius 3 is 2.74 bits per heavy atom. The Kier molecular flexibility index (Phi) is 6.14. The van der Waals surface area contributed by atoms with E-state index in [0.717, 1.165) is 27.4 Å². The SMILES string of the molecule is Cc1ccc(N(Cc2cccc(-c3nccs3)c2)C(=O)NC(C)C)cc1Cl. The van der Waals surface area contributed by atoms with Gasteiger partial charge in [0.1, 0.15) is 5.01 Å². The monoisotopic (exact) mass is 399 g/mol. The van der Waals surface area contributed by atoms with Crippen LogP contribution < -0.4 is 10.2 Å². The number of nitrogens with zero attached hydrogens (tertiary/aromatic N) is 2. The minimum absolute atomic E-state index is 0.0440. The average Bonchev–Trinajstić information content (AvgIpc) is 3.16. The molecule has 1 N–H and O–H groups in total. The highest BCUT2D eigenvalue weighted by Gasteiger charge is 2.18. The summed E-state index contributed by atoms with van der Waals surface area (Å²) in [5, 5.41) is 6.54. The van der Waals surface area contributed by atoms with Gasteiger partial charge in [0.05, 0.1) is 6.54 Å². The summed E-state index contributed by atoms with van der Waals surface area (Å²) in [5.74, 6) is 0. The first kappa shape index (κ1) is 19.4. The van der Waals surface area contributed by atoms with E-state index in [4.69, 9.17) is 11.6 Å². The number of carbonyl (C=O) groups excluding carboxylic acids is 1. The number of nitrogens with one attached hydrogen (secondary N) is 1. The first-order chi connectivity index (χ1) is 12.9. The van der Waals surface area contributed by atoms with Crippen molar-refractivity contribution in [2.45, 2.75) is 33.4 Å². The van der Waals surface area contributed by atoms with E-state index in [1.54, 1.807) is 22.4 Å². The molecule has 0 aliphatic heterocycles. The molecule has 0 unspecified atom stereocenters. The molecule has 0 aliphatic carbocycles. The summed E-state index contributed by atoms with van der Waals surface area (Å²) in [4.78, 5) is 18.9. The van der Waals surface area contributed by atoms with E-state index in [0.29, 0.717) is 11.6 Å². The van der Waals surface area contributed by atoms with Crippen molar-refractivity contribution in [2.75, 3.05) is 4.90 Å². The molecule has 2 aromatic carbocycles. The molecule has 0 bridgehead atoms. The number of carbonyl (C=O) groups is 1. The number of aryl methyl sites for hydroxylation is 1. The largest absolute Gasteiger partial charge is 0.336 e. The fourth-order valence-electron chi connectivity index (χ4n) is 2.71. The summed E-state index contributed by atoms with van der Waals surface area (Å²) in [6, 6.07) is 13.7. The van der Waals surface area contributed by atoms with Gasteiger partial charge in [-0.25, -0.2) is 9.78 Å². The van der Waals surface area contributed by atoms with Crippen LogP contribution in [0.5, 0.6) is 0 Å². The lowest BCUT2D eigenvalue weighted by molar-refractivity contribution is 0.243. The normalized spacial score (nSPS) is 10.9. The van der Waals surface area contributed by atoms with Gasteiger partial charge in [-0.1, -0.05) is 35.9 Å². The van der Waals surface area contributed by atoms with E-state index in [9.17, 15) is 4.79 Å². The number of urea groups is 1. The van der Waals surface area contributed by atoms with E-state index < -0.39 is 0 Å². The smallest absolute Gasteiger partial charge is 0.322 e. The molecule has 4 nitrogen and oxygen atoms in total. The molecule has 6 heteroatoms. The third-order valence-electron chi connectivity index (χ3n) is 4.07. The van der Waals surface area contributed by atoms with Crippen LogP contribution in [0, 0.1) is 6.92 Å². The minimum atomic E-state index is -0.149. The molecule has 1 heterocycles. The van der Waals surface area contributed by atoms with Crippen LogP contribution >= 0.6 is 22.9 Å². The first-order valence-corrected chi connectivity index (χ1v) is 10.0. The van der Waals surface area contributed by atoms with Crippen LogP contribution in [-0.4, -0.2) is 17.1 Å². The van der Waals surface area contributed by atoms with E-state index in [1.165, 1.54) is 0 Å². The van der Waals surface area contributed by atoms with Gasteiger partial charge in [0.25, 0.3) is 0 Å². The van der Waals surface area contributed by atoms with Crippen molar-refractivity contribution >= 4 is 34.7 Å². The van der Waals surface area contributed by atoms with Crippen LogP contribution in [-0.2, 0) is 6.54 Å². The molecule has 140 valence electrons. The summed E-state index contributed by atoms with van der Waals surface area (Å²) in [6.45, 7) is 6.28. The predicted octanol–water partition coefficient (Wildman–Crippen LogP) is 5.90. The molecular weight excluding hydrogens is 378 g/mol. The second-order valence-corrected chi connectivity index (χ2v) is 7.96. The zero-order chi connectivity index (χ0) is 19.4. The summed E-state index contributed by atoms with van der Waals surface area (Å²) >= 11 is 7.90. The third kappa shape index (κ3) is 4.87. The fraction of sp³-hybridized carbons (Fsp3) is 0.238. The molecular formula is C21H22ClN3OS. The summed E-state index contributed by atoms with van der Waals surface area (Å²) in [5.41, 5.74) is 3.82. The lowest BCUT2D eigenvalue weighted by Gasteiger charge is -2.25. The number of benzene rings is 2. The highest BCUT2D eigenvalue weighted by atomic mass is 35.5. The second-order valence-electron chi connectivity index (χ2n) is 6.66. The van der Waals surface area contributed by atoms with Crippen LogP contribution in [0.25, 0.3) is 10.6 Å². The molecule has 27 heavy (non-hydrogen) atoms. The summed E-state index contributed by atoms with van der Waals surface area (Å²) in [6.07, 6.45) is 1.80. The molecule has 0 radical (unpaired) electrons. The van der Waals surface area contributed by atoms with Gasteiger partial charge in [0.15, 0.2) is 0 Å². The van der Waals surface area contributed by atoms with E-state index in [-0.39, 0.29) is 12.1 Å². The Balaban J connectivity index is 1.92. The van der Waals surface area contributed by atoms with Crippen molar-refractivity contribution in [3.8, 4) is 10.6 Å².